The molecule has 0 radical (unpaired) electrons. The van der Waals surface area contributed by atoms with Crippen LogP contribution < -0.4 is 25.4 Å². The van der Waals surface area contributed by atoms with Crippen molar-refractivity contribution in [3.05, 3.63) is 266 Å². The number of hydrogen-bond acceptors (Lipinski definition) is 10. The van der Waals surface area contributed by atoms with Crippen molar-refractivity contribution >= 4 is 47.4 Å². The zero-order valence-corrected chi connectivity index (χ0v) is 44.0. The van der Waals surface area contributed by atoms with E-state index in [1.165, 1.54) is 56.1 Å². The van der Waals surface area contributed by atoms with Crippen molar-refractivity contribution in [3.63, 3.8) is 0 Å². The number of fused-ring (bicyclic) bond motifs is 6. The molecule has 2 aromatic heterocycles. The summed E-state index contributed by atoms with van der Waals surface area (Å²) in [5, 5.41) is 17.6. The molecule has 0 aliphatic heterocycles. The van der Waals surface area contributed by atoms with Gasteiger partial charge in [0.15, 0.2) is 0 Å². The molecule has 2 aliphatic rings. The highest BCUT2D eigenvalue weighted by Gasteiger charge is 2.30. The number of carbonyl (C=O) groups is 2. The van der Waals surface area contributed by atoms with E-state index in [4.69, 9.17) is 25.4 Å². The molecule has 0 spiro atoms. The van der Waals surface area contributed by atoms with Gasteiger partial charge in [-0.25, -0.2) is 24.1 Å². The van der Waals surface area contributed by atoms with Crippen molar-refractivity contribution in [2.24, 2.45) is 10.6 Å². The number of azide groups is 1. The topological polar surface area (TPSA) is 215 Å². The van der Waals surface area contributed by atoms with Crippen LogP contribution in [0.15, 0.2) is 223 Å². The number of aromatic nitrogens is 2. The van der Waals surface area contributed by atoms with E-state index in [9.17, 15) is 14.2 Å². The molecule has 0 atom stereocenters. The van der Waals surface area contributed by atoms with E-state index < -0.39 is 13.7 Å². The highest BCUT2D eigenvalue weighted by molar-refractivity contribution is 7.53. The van der Waals surface area contributed by atoms with Crippen molar-refractivity contribution in [3.8, 4) is 56.3 Å². The van der Waals surface area contributed by atoms with Gasteiger partial charge < -0.3 is 25.2 Å². The number of carboxylic acid groups (broad SMARTS) is 1. The fourth-order valence-corrected chi connectivity index (χ4v) is 11.4. The van der Waals surface area contributed by atoms with Crippen LogP contribution in [0.1, 0.15) is 54.0 Å². The van der Waals surface area contributed by atoms with Crippen LogP contribution in [0, 0.1) is 13.8 Å². The molecular formula is C60H49N8O6PS2. The minimum Gasteiger partial charge on any atom is -0.477 e. The molecule has 0 bridgehead atoms. The number of nitrogens with two attached hydrogens (primary N) is 1. The maximum Gasteiger partial charge on any atom is 0.525 e. The number of amides is 2. The first-order chi connectivity index (χ1) is 37.5. The number of anilines is 1. The third kappa shape index (κ3) is 12.7. The smallest absolute Gasteiger partial charge is 0.477 e. The summed E-state index contributed by atoms with van der Waals surface area (Å²) >= 11 is 2.69. The zero-order chi connectivity index (χ0) is 53.7. The van der Waals surface area contributed by atoms with Gasteiger partial charge in [-0.2, -0.15) is 0 Å². The SMILES string of the molecule is Cc1nc(-c2ccccc2)c(C(=O)O)s1.Cc1nc(-c2ccccc2)c(NC(=O)NC2c3ccccc3-c3ccccc32)s1.NC1c2ccccc2-c2ccccc21.[N-]=[N+]=NP(=O)(Oc1ccccc1)Oc1ccccc1. The Balaban J connectivity index is 0.000000131. The number of aromatic carboxylic acids is 1. The molecule has 77 heavy (non-hydrogen) atoms. The van der Waals surface area contributed by atoms with Gasteiger partial charge in [0.1, 0.15) is 27.1 Å². The fourth-order valence-electron chi connectivity index (χ4n) is 8.78. The quantitative estimate of drug-likeness (QED) is 0.0443. The zero-order valence-electron chi connectivity index (χ0n) is 41.5. The standard InChI is InChI=1S/C24H19N3OS.C13H11N.C12H10N3O3P.C11H9NO2S/c1-15-25-21(16-9-3-2-4-10-16)23(29-15)27-24(28)26-22-19-13-7-5-11-17(19)18-12-6-8-14-20(18)22;14-13-11-7-3-1-5-9(11)10-6-2-4-8-12(10)13;13-14-15-19(16,17-11-7-3-1-4-8-11)18-12-9-5-2-6-10-12;1-7-12-9(10(15-7)11(13)14)8-5-3-2-4-6-8/h2-14,22H,1H3,(H2,26,27,28);1-8,13H,14H2;1-10H;2-6H,1H3,(H,13,14). The van der Waals surface area contributed by atoms with Gasteiger partial charge in [0.2, 0.25) is 0 Å². The summed E-state index contributed by atoms with van der Waals surface area (Å²) in [6.45, 7) is 3.76. The number of carbonyl (C=O) groups excluding carboxylic acids is 1. The first-order valence-corrected chi connectivity index (χ1v) is 27.3. The lowest BCUT2D eigenvalue weighted by Crippen LogP contribution is -2.32. The Hall–Kier alpha value is -9.14. The Labute approximate surface area is 452 Å². The highest BCUT2D eigenvalue weighted by Crippen LogP contribution is 2.50. The van der Waals surface area contributed by atoms with Crippen LogP contribution in [0.3, 0.4) is 0 Å². The third-order valence-corrected chi connectivity index (χ3v) is 15.1. The number of hydrogen-bond donors (Lipinski definition) is 4. The number of nitrogens with zero attached hydrogens (tertiary/aromatic N) is 5. The Kier molecular flexibility index (Phi) is 16.8. The summed E-state index contributed by atoms with van der Waals surface area (Å²) in [6.07, 6.45) is 0. The van der Waals surface area contributed by atoms with Crippen LogP contribution in [0.2, 0.25) is 0 Å². The number of para-hydroxylation sites is 2. The summed E-state index contributed by atoms with van der Waals surface area (Å²) in [7, 11) is -3.95. The molecule has 14 nitrogen and oxygen atoms in total. The second-order valence-electron chi connectivity index (χ2n) is 17.2. The molecule has 2 aliphatic carbocycles. The van der Waals surface area contributed by atoms with E-state index in [-0.39, 0.29) is 18.1 Å². The number of urea groups is 1. The van der Waals surface area contributed by atoms with Gasteiger partial charge in [0.25, 0.3) is 0 Å². The first-order valence-electron chi connectivity index (χ1n) is 24.1. The number of benzene rings is 8. The molecule has 2 amide bonds. The Bertz CT molecular complexity index is 3630. The van der Waals surface area contributed by atoms with E-state index >= 15 is 0 Å². The van der Waals surface area contributed by atoms with Crippen molar-refractivity contribution in [1.29, 1.82) is 0 Å². The lowest BCUT2D eigenvalue weighted by Gasteiger charge is -2.16. The van der Waals surface area contributed by atoms with E-state index in [0.717, 1.165) is 43.0 Å². The molecule has 2 heterocycles. The molecule has 10 aromatic rings. The van der Waals surface area contributed by atoms with Crippen LogP contribution in [0.25, 0.3) is 55.2 Å². The molecular weight excluding hydrogens is 1020 g/mol. The van der Waals surface area contributed by atoms with Gasteiger partial charge >= 0.3 is 19.7 Å². The van der Waals surface area contributed by atoms with Gasteiger partial charge in [-0.15, -0.1) is 22.7 Å². The minimum atomic E-state index is -3.95. The summed E-state index contributed by atoms with van der Waals surface area (Å²) < 4.78 is 22.6. The Morgan fingerprint density at radius 1 is 0.571 bits per heavy atom. The maximum absolute atomic E-state index is 12.9. The van der Waals surface area contributed by atoms with E-state index in [0.29, 0.717) is 22.1 Å². The Morgan fingerprint density at radius 3 is 1.40 bits per heavy atom. The molecule has 0 saturated carbocycles. The molecule has 17 heteroatoms. The van der Waals surface area contributed by atoms with Gasteiger partial charge in [-0.1, -0.05) is 194 Å². The molecule has 8 aromatic carbocycles. The first kappa shape index (κ1) is 52.7. The molecule has 0 fully saturated rings. The minimum absolute atomic E-state index is 0.0578. The van der Waals surface area contributed by atoms with Crippen molar-refractivity contribution in [2.45, 2.75) is 25.9 Å². The van der Waals surface area contributed by atoms with Gasteiger partial charge in [-0.3, -0.25) is 5.32 Å². The molecule has 12 rings (SSSR count). The van der Waals surface area contributed by atoms with Gasteiger partial charge in [0.05, 0.1) is 27.8 Å². The Morgan fingerprint density at radius 2 is 0.948 bits per heavy atom. The molecule has 5 N–H and O–H groups in total. The maximum atomic E-state index is 12.9. The number of rotatable bonds is 10. The second kappa shape index (κ2) is 24.5. The predicted molar refractivity (Wildman–Crippen MR) is 306 cm³/mol. The van der Waals surface area contributed by atoms with Crippen LogP contribution >= 0.6 is 30.4 Å². The third-order valence-electron chi connectivity index (χ3n) is 12.1. The van der Waals surface area contributed by atoms with Gasteiger partial charge in [0, 0.05) is 20.9 Å². The lowest BCUT2D eigenvalue weighted by molar-refractivity contribution is 0.0702. The number of nitrogens with one attached hydrogen (secondary N) is 2. The summed E-state index contributed by atoms with van der Waals surface area (Å²) in [6, 6.07) is 68.9. The van der Waals surface area contributed by atoms with Crippen molar-refractivity contribution in [2.75, 3.05) is 5.32 Å². The predicted octanol–water partition coefficient (Wildman–Crippen LogP) is 16.1. The fraction of sp³-hybridized carbons (Fsp3) is 0.0667. The number of carboxylic acids is 1. The van der Waals surface area contributed by atoms with Crippen molar-refractivity contribution in [1.82, 2.24) is 15.3 Å². The van der Waals surface area contributed by atoms with E-state index in [1.807, 2.05) is 111 Å². The average molecular weight is 1070 g/mol. The van der Waals surface area contributed by atoms with Crippen LogP contribution in [0.4, 0.5) is 9.80 Å². The van der Waals surface area contributed by atoms with E-state index in [1.54, 1.807) is 60.7 Å². The van der Waals surface area contributed by atoms with Crippen LogP contribution in [0.5, 0.6) is 11.5 Å². The second-order valence-corrected chi connectivity index (χ2v) is 21.1. The van der Waals surface area contributed by atoms with E-state index in [2.05, 4.69) is 91.1 Å². The summed E-state index contributed by atoms with van der Waals surface area (Å²) in [5.41, 5.74) is 27.5. The molecule has 382 valence electrons. The summed E-state index contributed by atoms with van der Waals surface area (Å²) in [4.78, 5) is 38.7. The van der Waals surface area contributed by atoms with Gasteiger partial charge in [-0.05, 0) is 88.2 Å². The van der Waals surface area contributed by atoms with Crippen LogP contribution in [-0.4, -0.2) is 27.1 Å². The summed E-state index contributed by atoms with van der Waals surface area (Å²) in [5.74, 6) is -0.317. The lowest BCUT2D eigenvalue weighted by atomic mass is 10.1. The molecule has 0 unspecified atom stereocenters. The average Bonchev–Trinajstić information content (AvgIpc) is 4.23. The highest BCUT2D eigenvalue weighted by atomic mass is 32.1. The number of aryl methyl sites for hydroxylation is 2. The monoisotopic (exact) mass is 1070 g/mol. The molecule has 0 saturated heterocycles. The number of thiazole rings is 2. The largest absolute Gasteiger partial charge is 0.525 e. The van der Waals surface area contributed by atoms with Crippen LogP contribution in [-0.2, 0) is 4.57 Å². The van der Waals surface area contributed by atoms with Crippen molar-refractivity contribution < 1.29 is 28.3 Å². The normalized spacial score (nSPS) is 11.7.